The van der Waals surface area contributed by atoms with Crippen LogP contribution in [0.5, 0.6) is 11.5 Å². The first-order valence-corrected chi connectivity index (χ1v) is 8.05. The van der Waals surface area contributed by atoms with Crippen LogP contribution in [-0.2, 0) is 6.54 Å². The van der Waals surface area contributed by atoms with Gasteiger partial charge in [0, 0.05) is 19.2 Å². The van der Waals surface area contributed by atoms with Crippen LogP contribution in [0.2, 0.25) is 5.02 Å². The number of rotatable bonds is 7. The Labute approximate surface area is 146 Å². The van der Waals surface area contributed by atoms with Crippen molar-refractivity contribution < 1.29 is 14.3 Å². The Morgan fingerprint density at radius 2 is 2.04 bits per heavy atom. The normalized spacial score (nSPS) is 10.5. The maximum atomic E-state index is 12.3. The van der Waals surface area contributed by atoms with E-state index >= 15 is 0 Å². The highest BCUT2D eigenvalue weighted by atomic mass is 35.5. The van der Waals surface area contributed by atoms with Crippen LogP contribution < -0.4 is 14.8 Å². The van der Waals surface area contributed by atoms with Crippen LogP contribution in [-0.4, -0.2) is 36.5 Å². The number of aromatic nitrogens is 2. The fraction of sp³-hybridized carbons (Fsp3) is 0.412. The molecule has 6 nitrogen and oxygen atoms in total. The molecule has 130 valence electrons. The summed E-state index contributed by atoms with van der Waals surface area (Å²) in [6, 6.07) is 5.11. The van der Waals surface area contributed by atoms with E-state index in [0.29, 0.717) is 35.2 Å². The highest BCUT2D eigenvalue weighted by Crippen LogP contribution is 2.24. The molecule has 0 bridgehead atoms. The van der Waals surface area contributed by atoms with Crippen LogP contribution >= 0.6 is 11.6 Å². The minimum atomic E-state index is -0.180. The summed E-state index contributed by atoms with van der Waals surface area (Å²) in [7, 11) is 3.10. The van der Waals surface area contributed by atoms with Gasteiger partial charge in [0.15, 0.2) is 0 Å². The third-order valence-corrected chi connectivity index (χ3v) is 4.33. The average Bonchev–Trinajstić information content (AvgIpc) is 2.84. The molecule has 0 unspecified atom stereocenters. The summed E-state index contributed by atoms with van der Waals surface area (Å²) in [6.45, 7) is 5.04. The monoisotopic (exact) mass is 351 g/mol. The number of aryl methyl sites for hydroxylation is 2. The lowest BCUT2D eigenvalue weighted by molar-refractivity contribution is 0.0949. The number of hydrogen-bond acceptors (Lipinski definition) is 4. The Kier molecular flexibility index (Phi) is 6.09. The van der Waals surface area contributed by atoms with Crippen molar-refractivity contribution in [3.05, 3.63) is 40.2 Å². The lowest BCUT2D eigenvalue weighted by Crippen LogP contribution is -2.26. The molecule has 1 amide bonds. The molecular formula is C17H22ClN3O3. The first-order chi connectivity index (χ1) is 11.5. The highest BCUT2D eigenvalue weighted by molar-refractivity contribution is 6.31. The molecule has 0 aliphatic rings. The Morgan fingerprint density at radius 3 is 2.62 bits per heavy atom. The third kappa shape index (κ3) is 4.00. The van der Waals surface area contributed by atoms with E-state index in [-0.39, 0.29) is 5.91 Å². The van der Waals surface area contributed by atoms with Crippen LogP contribution in [0.4, 0.5) is 0 Å². The van der Waals surface area contributed by atoms with E-state index in [4.69, 9.17) is 21.1 Å². The molecule has 1 heterocycles. The van der Waals surface area contributed by atoms with Gasteiger partial charge in [0.05, 0.1) is 36.2 Å². The largest absolute Gasteiger partial charge is 0.497 e. The van der Waals surface area contributed by atoms with E-state index in [1.165, 1.54) is 7.11 Å². The van der Waals surface area contributed by atoms with Gasteiger partial charge in [-0.2, -0.15) is 5.10 Å². The summed E-state index contributed by atoms with van der Waals surface area (Å²) in [4.78, 5) is 12.3. The minimum absolute atomic E-state index is 0.180. The van der Waals surface area contributed by atoms with Gasteiger partial charge >= 0.3 is 0 Å². The van der Waals surface area contributed by atoms with Crippen molar-refractivity contribution in [2.75, 3.05) is 20.8 Å². The van der Waals surface area contributed by atoms with Gasteiger partial charge in [0.1, 0.15) is 11.5 Å². The van der Waals surface area contributed by atoms with E-state index in [0.717, 1.165) is 17.8 Å². The molecule has 0 radical (unpaired) electrons. The van der Waals surface area contributed by atoms with E-state index in [1.807, 2.05) is 18.5 Å². The van der Waals surface area contributed by atoms with Gasteiger partial charge in [0.2, 0.25) is 0 Å². The average molecular weight is 352 g/mol. The summed E-state index contributed by atoms with van der Waals surface area (Å²) in [5.41, 5.74) is 2.24. The van der Waals surface area contributed by atoms with E-state index in [1.54, 1.807) is 25.3 Å². The van der Waals surface area contributed by atoms with Crippen molar-refractivity contribution in [3.8, 4) is 11.5 Å². The third-order valence-electron chi connectivity index (χ3n) is 3.78. The van der Waals surface area contributed by atoms with Crippen LogP contribution in [0.15, 0.2) is 18.2 Å². The number of ether oxygens (including phenoxy) is 2. The fourth-order valence-corrected chi connectivity index (χ4v) is 2.54. The zero-order valence-electron chi connectivity index (χ0n) is 14.4. The predicted molar refractivity (Wildman–Crippen MR) is 93.2 cm³/mol. The van der Waals surface area contributed by atoms with Gasteiger partial charge in [-0.05, 0) is 32.4 Å². The zero-order valence-corrected chi connectivity index (χ0v) is 15.1. The second-order valence-corrected chi connectivity index (χ2v) is 5.76. The lowest BCUT2D eigenvalue weighted by atomic mass is 10.1. The first-order valence-electron chi connectivity index (χ1n) is 7.67. The second-order valence-electron chi connectivity index (χ2n) is 5.38. The van der Waals surface area contributed by atoms with Crippen molar-refractivity contribution >= 4 is 17.5 Å². The SMILES string of the molecule is COc1ccc(C(=O)NCCCn2nc(C)c(Cl)c2C)c(OC)c1. The van der Waals surface area contributed by atoms with Crippen LogP contribution in [0.25, 0.3) is 0 Å². The molecule has 0 saturated carbocycles. The number of carbonyl (C=O) groups excluding carboxylic acids is 1. The van der Waals surface area contributed by atoms with E-state index < -0.39 is 0 Å². The first kappa shape index (κ1) is 18.1. The van der Waals surface area contributed by atoms with Crippen LogP contribution in [0.1, 0.15) is 28.2 Å². The minimum Gasteiger partial charge on any atom is -0.497 e. The van der Waals surface area contributed by atoms with Gasteiger partial charge in [-0.1, -0.05) is 11.6 Å². The van der Waals surface area contributed by atoms with Crippen molar-refractivity contribution in [2.24, 2.45) is 0 Å². The molecule has 0 spiro atoms. The van der Waals surface area contributed by atoms with Crippen LogP contribution in [0.3, 0.4) is 0 Å². The Hall–Kier alpha value is -2.21. The maximum absolute atomic E-state index is 12.3. The molecule has 0 aliphatic carbocycles. The summed E-state index contributed by atoms with van der Waals surface area (Å²) in [6.07, 6.45) is 0.752. The molecule has 0 atom stereocenters. The molecule has 1 N–H and O–H groups in total. The number of halogens is 1. The van der Waals surface area contributed by atoms with E-state index in [9.17, 15) is 4.79 Å². The fourth-order valence-electron chi connectivity index (χ4n) is 2.40. The molecule has 1 aromatic carbocycles. The Bertz CT molecular complexity index is 728. The molecule has 24 heavy (non-hydrogen) atoms. The number of methoxy groups -OCH3 is 2. The summed E-state index contributed by atoms with van der Waals surface area (Å²) >= 11 is 6.12. The van der Waals surface area contributed by atoms with Gasteiger partial charge in [-0.3, -0.25) is 9.48 Å². The van der Waals surface area contributed by atoms with Gasteiger partial charge in [-0.25, -0.2) is 0 Å². The molecule has 0 saturated heterocycles. The number of amides is 1. The molecule has 2 rings (SSSR count). The summed E-state index contributed by atoms with van der Waals surface area (Å²) in [5, 5.41) is 7.95. The Morgan fingerprint density at radius 1 is 1.29 bits per heavy atom. The highest BCUT2D eigenvalue weighted by Gasteiger charge is 2.13. The number of carbonyl (C=O) groups is 1. The number of nitrogens with zero attached hydrogens (tertiary/aromatic N) is 2. The van der Waals surface area contributed by atoms with Gasteiger partial charge < -0.3 is 14.8 Å². The predicted octanol–water partition coefficient (Wildman–Crippen LogP) is 2.99. The van der Waals surface area contributed by atoms with E-state index in [2.05, 4.69) is 10.4 Å². The molecule has 2 aromatic rings. The standard InChI is InChI=1S/C17H22ClN3O3/c1-11-16(18)12(2)21(20-11)9-5-8-19-17(22)14-7-6-13(23-3)10-15(14)24-4/h6-7,10H,5,8-9H2,1-4H3,(H,19,22). The lowest BCUT2D eigenvalue weighted by Gasteiger charge is -2.11. The van der Waals surface area contributed by atoms with Crippen molar-refractivity contribution in [1.82, 2.24) is 15.1 Å². The molecule has 7 heteroatoms. The van der Waals surface area contributed by atoms with Gasteiger partial charge in [0.25, 0.3) is 5.91 Å². The molecule has 0 fully saturated rings. The smallest absolute Gasteiger partial charge is 0.255 e. The molecular weight excluding hydrogens is 330 g/mol. The topological polar surface area (TPSA) is 65.4 Å². The molecule has 0 aliphatic heterocycles. The number of nitrogens with one attached hydrogen (secondary N) is 1. The molecule has 1 aromatic heterocycles. The van der Waals surface area contributed by atoms with Crippen LogP contribution in [0, 0.1) is 13.8 Å². The van der Waals surface area contributed by atoms with Crippen molar-refractivity contribution in [1.29, 1.82) is 0 Å². The van der Waals surface area contributed by atoms with Crippen molar-refractivity contribution in [3.63, 3.8) is 0 Å². The van der Waals surface area contributed by atoms with Crippen molar-refractivity contribution in [2.45, 2.75) is 26.8 Å². The number of hydrogen-bond donors (Lipinski definition) is 1. The summed E-state index contributed by atoms with van der Waals surface area (Å²) in [5.74, 6) is 0.947. The second kappa shape index (κ2) is 8.06. The zero-order chi connectivity index (χ0) is 17.7. The Balaban J connectivity index is 1.90. The van der Waals surface area contributed by atoms with Gasteiger partial charge in [-0.15, -0.1) is 0 Å². The summed E-state index contributed by atoms with van der Waals surface area (Å²) < 4.78 is 12.2. The maximum Gasteiger partial charge on any atom is 0.255 e. The quantitative estimate of drug-likeness (QED) is 0.779. The number of benzene rings is 1.